The number of nitrogens with zero attached hydrogens (tertiary/aromatic N) is 1. The van der Waals surface area contributed by atoms with Crippen LogP contribution in [0.2, 0.25) is 0 Å². The number of rotatable bonds is 3. The lowest BCUT2D eigenvalue weighted by Crippen LogP contribution is -2.33. The molecule has 0 aliphatic carbocycles. The number of hydrogen-bond acceptors (Lipinski definition) is 1. The van der Waals surface area contributed by atoms with Crippen LogP contribution in [0.15, 0.2) is 48.5 Å². The fraction of sp³-hybridized carbons (Fsp3) is 0.188. The van der Waals surface area contributed by atoms with Gasteiger partial charge in [0.1, 0.15) is 0 Å². The molecule has 0 unspecified atom stereocenters. The first kappa shape index (κ1) is 13.1. The van der Waals surface area contributed by atoms with E-state index in [-0.39, 0.29) is 5.96 Å². The van der Waals surface area contributed by atoms with Crippen LogP contribution in [0.5, 0.6) is 0 Å². The molecule has 0 saturated heterocycles. The van der Waals surface area contributed by atoms with Crippen molar-refractivity contribution >= 4 is 17.3 Å². The third-order valence-electron chi connectivity index (χ3n) is 3.11. The smallest absolute Gasteiger partial charge is 0.197 e. The molecule has 0 aliphatic rings. The second-order valence-corrected chi connectivity index (χ2v) is 4.54. The van der Waals surface area contributed by atoms with Gasteiger partial charge in [0.25, 0.3) is 0 Å². The molecule has 0 amide bonds. The Kier molecular flexibility index (Phi) is 3.85. The SMILES string of the molecule is CCc1ccccc1N(C(=N)N)c1cccc(C)c1. The van der Waals surface area contributed by atoms with Crippen LogP contribution in [0.1, 0.15) is 18.1 Å². The van der Waals surface area contributed by atoms with Crippen molar-refractivity contribution in [3.05, 3.63) is 59.7 Å². The molecule has 0 heterocycles. The average Bonchev–Trinajstić information content (AvgIpc) is 2.39. The molecular formula is C16H19N3. The minimum atomic E-state index is 0.0338. The number of para-hydroxylation sites is 1. The largest absolute Gasteiger partial charge is 0.369 e. The quantitative estimate of drug-likeness (QED) is 0.648. The number of anilines is 2. The van der Waals surface area contributed by atoms with Crippen molar-refractivity contribution in [1.29, 1.82) is 5.41 Å². The van der Waals surface area contributed by atoms with E-state index in [1.807, 2.05) is 49.4 Å². The van der Waals surface area contributed by atoms with Gasteiger partial charge < -0.3 is 5.73 Å². The van der Waals surface area contributed by atoms with Crippen molar-refractivity contribution in [2.75, 3.05) is 4.90 Å². The molecule has 2 aromatic carbocycles. The summed E-state index contributed by atoms with van der Waals surface area (Å²) in [5.41, 5.74) is 10.0. The summed E-state index contributed by atoms with van der Waals surface area (Å²) in [5.74, 6) is 0.0338. The van der Waals surface area contributed by atoms with Gasteiger partial charge in [-0.05, 0) is 42.7 Å². The van der Waals surface area contributed by atoms with Crippen molar-refractivity contribution in [3.8, 4) is 0 Å². The molecule has 3 nitrogen and oxygen atoms in total. The zero-order valence-electron chi connectivity index (χ0n) is 11.4. The molecule has 0 radical (unpaired) electrons. The Bertz CT molecular complexity index is 590. The highest BCUT2D eigenvalue weighted by Gasteiger charge is 2.15. The number of guanidine groups is 1. The predicted molar refractivity (Wildman–Crippen MR) is 81.1 cm³/mol. The highest BCUT2D eigenvalue weighted by atomic mass is 15.2. The van der Waals surface area contributed by atoms with Gasteiger partial charge in [-0.15, -0.1) is 0 Å². The van der Waals surface area contributed by atoms with E-state index in [1.165, 1.54) is 5.56 Å². The maximum absolute atomic E-state index is 7.87. The van der Waals surface area contributed by atoms with Crippen LogP contribution >= 0.6 is 0 Å². The van der Waals surface area contributed by atoms with Gasteiger partial charge in [0.15, 0.2) is 5.96 Å². The first-order valence-corrected chi connectivity index (χ1v) is 6.42. The van der Waals surface area contributed by atoms with Gasteiger partial charge in [0.2, 0.25) is 0 Å². The summed E-state index contributed by atoms with van der Waals surface area (Å²) in [6.07, 6.45) is 0.909. The second kappa shape index (κ2) is 5.57. The molecule has 3 N–H and O–H groups in total. The summed E-state index contributed by atoms with van der Waals surface area (Å²) in [5, 5.41) is 7.87. The van der Waals surface area contributed by atoms with Gasteiger partial charge in [0, 0.05) is 5.69 Å². The molecule has 19 heavy (non-hydrogen) atoms. The Labute approximate surface area is 114 Å². The summed E-state index contributed by atoms with van der Waals surface area (Å²) in [7, 11) is 0. The third kappa shape index (κ3) is 2.76. The van der Waals surface area contributed by atoms with E-state index >= 15 is 0 Å². The van der Waals surface area contributed by atoms with Gasteiger partial charge in [-0.2, -0.15) is 0 Å². The van der Waals surface area contributed by atoms with Gasteiger partial charge in [-0.3, -0.25) is 10.3 Å². The molecule has 0 fully saturated rings. The molecular weight excluding hydrogens is 234 g/mol. The van der Waals surface area contributed by atoms with E-state index in [2.05, 4.69) is 13.0 Å². The fourth-order valence-electron chi connectivity index (χ4n) is 2.20. The van der Waals surface area contributed by atoms with E-state index in [1.54, 1.807) is 4.90 Å². The minimum absolute atomic E-state index is 0.0338. The Morgan fingerprint density at radius 1 is 1.16 bits per heavy atom. The first-order chi connectivity index (χ1) is 9.13. The lowest BCUT2D eigenvalue weighted by molar-refractivity contribution is 1.11. The maximum atomic E-state index is 7.87. The van der Waals surface area contributed by atoms with E-state index in [0.717, 1.165) is 23.4 Å². The number of aryl methyl sites for hydroxylation is 2. The third-order valence-corrected chi connectivity index (χ3v) is 3.11. The Hall–Kier alpha value is -2.29. The lowest BCUT2D eigenvalue weighted by Gasteiger charge is -2.25. The summed E-state index contributed by atoms with van der Waals surface area (Å²) in [6, 6.07) is 16.1. The fourth-order valence-corrected chi connectivity index (χ4v) is 2.20. The zero-order chi connectivity index (χ0) is 13.8. The van der Waals surface area contributed by atoms with E-state index in [9.17, 15) is 0 Å². The molecule has 2 aromatic rings. The maximum Gasteiger partial charge on any atom is 0.197 e. The van der Waals surface area contributed by atoms with Crippen LogP contribution in [0.3, 0.4) is 0 Å². The Morgan fingerprint density at radius 3 is 2.53 bits per heavy atom. The normalized spacial score (nSPS) is 10.2. The van der Waals surface area contributed by atoms with Crippen molar-refractivity contribution in [2.24, 2.45) is 5.73 Å². The van der Waals surface area contributed by atoms with Crippen LogP contribution in [0, 0.1) is 12.3 Å². The summed E-state index contributed by atoms with van der Waals surface area (Å²) < 4.78 is 0. The van der Waals surface area contributed by atoms with E-state index < -0.39 is 0 Å². The van der Waals surface area contributed by atoms with Crippen LogP contribution in [-0.2, 0) is 6.42 Å². The van der Waals surface area contributed by atoms with Crippen molar-refractivity contribution in [1.82, 2.24) is 0 Å². The van der Waals surface area contributed by atoms with Gasteiger partial charge in [-0.1, -0.05) is 37.3 Å². The summed E-state index contributed by atoms with van der Waals surface area (Å²) in [4.78, 5) is 1.78. The molecule has 0 aliphatic heterocycles. The standard InChI is InChI=1S/C16H19N3/c1-3-13-8-4-5-10-15(13)19(16(17)18)14-9-6-7-12(2)11-14/h4-11H,3H2,1-2H3,(H3,17,18). The van der Waals surface area contributed by atoms with Crippen LogP contribution in [-0.4, -0.2) is 5.96 Å². The molecule has 2 rings (SSSR count). The van der Waals surface area contributed by atoms with Crippen LogP contribution in [0.25, 0.3) is 0 Å². The number of hydrogen-bond donors (Lipinski definition) is 2. The van der Waals surface area contributed by atoms with Crippen molar-refractivity contribution in [2.45, 2.75) is 20.3 Å². The molecule has 98 valence electrons. The predicted octanol–water partition coefficient (Wildman–Crippen LogP) is 3.59. The number of nitrogens with two attached hydrogens (primary N) is 1. The molecule has 3 heteroatoms. The molecule has 0 aromatic heterocycles. The Balaban J connectivity index is 2.55. The van der Waals surface area contributed by atoms with E-state index in [4.69, 9.17) is 11.1 Å². The second-order valence-electron chi connectivity index (χ2n) is 4.54. The molecule has 0 spiro atoms. The van der Waals surface area contributed by atoms with Gasteiger partial charge in [0.05, 0.1) is 5.69 Å². The molecule has 0 bridgehead atoms. The molecule has 0 saturated carbocycles. The summed E-state index contributed by atoms with van der Waals surface area (Å²) in [6.45, 7) is 4.14. The lowest BCUT2D eigenvalue weighted by atomic mass is 10.1. The van der Waals surface area contributed by atoms with Crippen molar-refractivity contribution in [3.63, 3.8) is 0 Å². The van der Waals surface area contributed by atoms with Crippen LogP contribution < -0.4 is 10.6 Å². The minimum Gasteiger partial charge on any atom is -0.369 e. The highest BCUT2D eigenvalue weighted by molar-refractivity contribution is 6.00. The average molecular weight is 253 g/mol. The monoisotopic (exact) mass is 253 g/mol. The first-order valence-electron chi connectivity index (χ1n) is 6.42. The van der Waals surface area contributed by atoms with Gasteiger partial charge >= 0.3 is 0 Å². The van der Waals surface area contributed by atoms with E-state index in [0.29, 0.717) is 0 Å². The van der Waals surface area contributed by atoms with Crippen molar-refractivity contribution < 1.29 is 0 Å². The Morgan fingerprint density at radius 2 is 1.89 bits per heavy atom. The highest BCUT2D eigenvalue weighted by Crippen LogP contribution is 2.29. The zero-order valence-corrected chi connectivity index (χ0v) is 11.4. The number of nitrogens with one attached hydrogen (secondary N) is 1. The van der Waals surface area contributed by atoms with Crippen LogP contribution in [0.4, 0.5) is 11.4 Å². The topological polar surface area (TPSA) is 53.1 Å². The van der Waals surface area contributed by atoms with Gasteiger partial charge in [-0.25, -0.2) is 0 Å². The molecule has 0 atom stereocenters. The number of benzene rings is 2. The summed E-state index contributed by atoms with van der Waals surface area (Å²) >= 11 is 0.